The molecule has 0 spiro atoms. The third kappa shape index (κ3) is 7.46. The summed E-state index contributed by atoms with van der Waals surface area (Å²) in [7, 11) is 1.79. The van der Waals surface area contributed by atoms with E-state index in [-0.39, 0.29) is 11.5 Å². The summed E-state index contributed by atoms with van der Waals surface area (Å²) in [5.74, 6) is 0.972. The molecule has 1 aromatic carbocycles. The Morgan fingerprint density at radius 1 is 1.19 bits per heavy atom. The van der Waals surface area contributed by atoms with Crippen LogP contribution in [-0.2, 0) is 18.3 Å². The van der Waals surface area contributed by atoms with Gasteiger partial charge >= 0.3 is 0 Å². The van der Waals surface area contributed by atoms with Crippen molar-refractivity contribution in [2.75, 3.05) is 31.9 Å². The predicted octanol–water partition coefficient (Wildman–Crippen LogP) is 3.92. The van der Waals surface area contributed by atoms with Crippen molar-refractivity contribution in [2.24, 2.45) is 7.05 Å². The van der Waals surface area contributed by atoms with Gasteiger partial charge in [-0.15, -0.1) is 0 Å². The molecule has 2 heterocycles. The van der Waals surface area contributed by atoms with E-state index < -0.39 is 0 Å². The molecule has 1 aromatic heterocycles. The van der Waals surface area contributed by atoms with Gasteiger partial charge < -0.3 is 10.2 Å². The fourth-order valence-electron chi connectivity index (χ4n) is 3.87. The summed E-state index contributed by atoms with van der Waals surface area (Å²) in [6.07, 6.45) is 5.45. The Balaban J connectivity index is 1.41. The van der Waals surface area contributed by atoms with E-state index in [4.69, 9.17) is 4.98 Å². The molecule has 1 aliphatic heterocycles. The van der Waals surface area contributed by atoms with Crippen LogP contribution >= 0.6 is 27.7 Å². The molecule has 1 fully saturated rings. The Kier molecular flexibility index (Phi) is 9.81. The lowest BCUT2D eigenvalue weighted by molar-refractivity contribution is -0.121. The predicted molar refractivity (Wildman–Crippen MR) is 134 cm³/mol. The second-order valence-electron chi connectivity index (χ2n) is 8.33. The maximum atomic E-state index is 12.9. The monoisotopic (exact) mass is 520 g/mol. The molecule has 1 aliphatic rings. The summed E-state index contributed by atoms with van der Waals surface area (Å²) >= 11 is 5.03. The number of nitrogens with one attached hydrogen (secondary N) is 1. The number of rotatable bonds is 11. The van der Waals surface area contributed by atoms with E-state index in [9.17, 15) is 9.59 Å². The molecular formula is C24H33BrN4O2S. The van der Waals surface area contributed by atoms with Crippen LogP contribution in [0.2, 0.25) is 0 Å². The van der Waals surface area contributed by atoms with E-state index in [1.165, 1.54) is 12.8 Å². The van der Waals surface area contributed by atoms with E-state index in [1.807, 2.05) is 31.2 Å². The molecule has 0 aliphatic carbocycles. The lowest BCUT2D eigenvalue weighted by Crippen LogP contribution is -2.33. The molecular weight excluding hydrogens is 488 g/mol. The molecule has 0 radical (unpaired) electrons. The maximum absolute atomic E-state index is 12.9. The number of nitrogens with zero attached hydrogens (tertiary/aromatic N) is 3. The van der Waals surface area contributed by atoms with Gasteiger partial charge in [-0.2, -0.15) is 0 Å². The summed E-state index contributed by atoms with van der Waals surface area (Å²) in [6.45, 7) is 5.93. The number of aryl methyl sites for hydroxylation is 1. The zero-order chi connectivity index (χ0) is 22.9. The normalized spacial score (nSPS) is 14.1. The average Bonchev–Trinajstić information content (AvgIpc) is 3.29. The second kappa shape index (κ2) is 12.6. The van der Waals surface area contributed by atoms with Crippen molar-refractivity contribution in [1.29, 1.82) is 0 Å². The minimum absolute atomic E-state index is 0.0142. The van der Waals surface area contributed by atoms with Gasteiger partial charge in [-0.3, -0.25) is 14.2 Å². The van der Waals surface area contributed by atoms with E-state index in [0.717, 1.165) is 71.2 Å². The van der Waals surface area contributed by atoms with Gasteiger partial charge in [0.1, 0.15) is 0 Å². The highest BCUT2D eigenvalue weighted by Gasteiger charge is 2.14. The van der Waals surface area contributed by atoms with Crippen LogP contribution in [-0.4, -0.2) is 52.3 Å². The van der Waals surface area contributed by atoms with Gasteiger partial charge in [0.25, 0.3) is 5.56 Å². The molecule has 3 rings (SSSR count). The van der Waals surface area contributed by atoms with Gasteiger partial charge in [0.2, 0.25) is 5.91 Å². The maximum Gasteiger partial charge on any atom is 0.257 e. The van der Waals surface area contributed by atoms with Crippen LogP contribution in [0, 0.1) is 6.92 Å². The molecule has 174 valence electrons. The Bertz CT molecular complexity index is 956. The molecule has 32 heavy (non-hydrogen) atoms. The smallest absolute Gasteiger partial charge is 0.257 e. The molecule has 1 saturated heterocycles. The number of carbonyl (C=O) groups excluding carboxylic acids is 1. The number of likely N-dealkylation sites (tertiary alicyclic amines) is 1. The number of carbonyl (C=O) groups is 1. The quantitative estimate of drug-likeness (QED) is 0.276. The Morgan fingerprint density at radius 2 is 1.91 bits per heavy atom. The molecule has 2 aromatic rings. The molecule has 0 bridgehead atoms. The second-order valence-corrected chi connectivity index (χ2v) is 10.3. The van der Waals surface area contributed by atoms with E-state index >= 15 is 0 Å². The highest BCUT2D eigenvalue weighted by atomic mass is 79.9. The summed E-state index contributed by atoms with van der Waals surface area (Å²) < 4.78 is 2.67. The zero-order valence-electron chi connectivity index (χ0n) is 19.0. The zero-order valence-corrected chi connectivity index (χ0v) is 21.4. The van der Waals surface area contributed by atoms with Gasteiger partial charge in [0.15, 0.2) is 5.16 Å². The molecule has 1 amide bonds. The minimum Gasteiger partial charge on any atom is -0.355 e. The molecule has 6 nitrogen and oxygen atoms in total. The van der Waals surface area contributed by atoms with Crippen molar-refractivity contribution < 1.29 is 4.79 Å². The summed E-state index contributed by atoms with van der Waals surface area (Å²) in [5, 5.41) is 3.76. The molecule has 0 unspecified atom stereocenters. The van der Waals surface area contributed by atoms with Gasteiger partial charge in [-0.25, -0.2) is 4.98 Å². The number of hydrogen-bond donors (Lipinski definition) is 1. The fourth-order valence-corrected chi connectivity index (χ4v) is 5.14. The number of thioether (sulfide) groups is 1. The molecule has 8 heteroatoms. The average molecular weight is 522 g/mol. The lowest BCUT2D eigenvalue weighted by Gasteiger charge is -2.14. The highest BCUT2D eigenvalue weighted by Crippen LogP contribution is 2.19. The van der Waals surface area contributed by atoms with E-state index in [2.05, 4.69) is 26.1 Å². The molecule has 0 saturated carbocycles. The van der Waals surface area contributed by atoms with E-state index in [1.54, 1.807) is 23.4 Å². The summed E-state index contributed by atoms with van der Waals surface area (Å²) in [4.78, 5) is 32.0. The third-order valence-electron chi connectivity index (χ3n) is 5.82. The number of amides is 1. The van der Waals surface area contributed by atoms with Gasteiger partial charge in [-0.1, -0.05) is 39.8 Å². The van der Waals surface area contributed by atoms with Gasteiger partial charge in [-0.05, 0) is 63.4 Å². The van der Waals surface area contributed by atoms with Crippen LogP contribution in [0.15, 0.2) is 38.7 Å². The van der Waals surface area contributed by atoms with Crippen molar-refractivity contribution in [3.63, 3.8) is 0 Å². The first kappa shape index (κ1) is 25.0. The number of unbranched alkanes of at least 4 members (excludes halogenated alkanes) is 1. The van der Waals surface area contributed by atoms with Crippen molar-refractivity contribution in [3.05, 3.63) is 55.9 Å². The summed E-state index contributed by atoms with van der Waals surface area (Å²) in [5.41, 5.74) is 2.63. The van der Waals surface area contributed by atoms with Crippen molar-refractivity contribution in [3.8, 4) is 0 Å². The van der Waals surface area contributed by atoms with Crippen molar-refractivity contribution >= 4 is 33.6 Å². The Hall–Kier alpha value is -1.64. The van der Waals surface area contributed by atoms with Crippen molar-refractivity contribution in [1.82, 2.24) is 19.8 Å². The SMILES string of the molecule is Cc1nc(SCCCCC(=O)NCCN2CCCC2)n(C)c(=O)c1Cc1ccc(Br)cc1. The van der Waals surface area contributed by atoms with Crippen LogP contribution in [0.3, 0.4) is 0 Å². The number of aromatic nitrogens is 2. The number of hydrogen-bond acceptors (Lipinski definition) is 5. The van der Waals surface area contributed by atoms with Gasteiger partial charge in [0.05, 0.1) is 0 Å². The molecule has 1 N–H and O–H groups in total. The standard InChI is InChI=1S/C24H33BrN4O2S/c1-18-21(17-19-8-10-20(25)11-9-19)23(31)28(2)24(27-18)32-16-6-3-7-22(30)26-12-15-29-13-4-5-14-29/h8-11H,3-7,12-17H2,1-2H3,(H,26,30). The minimum atomic E-state index is 0.0142. The number of halogens is 1. The van der Waals surface area contributed by atoms with Crippen LogP contribution in [0.1, 0.15) is 48.9 Å². The van der Waals surface area contributed by atoms with Crippen molar-refractivity contribution in [2.45, 2.75) is 50.6 Å². The highest BCUT2D eigenvalue weighted by molar-refractivity contribution is 9.10. The topological polar surface area (TPSA) is 67.2 Å². The summed E-state index contributed by atoms with van der Waals surface area (Å²) in [6, 6.07) is 8.02. The first-order valence-electron chi connectivity index (χ1n) is 11.4. The van der Waals surface area contributed by atoms with Crippen LogP contribution < -0.4 is 10.9 Å². The first-order chi connectivity index (χ1) is 15.4. The van der Waals surface area contributed by atoms with Crippen LogP contribution in [0.5, 0.6) is 0 Å². The van der Waals surface area contributed by atoms with Gasteiger partial charge in [0, 0.05) is 54.5 Å². The molecule has 0 atom stereocenters. The third-order valence-corrected chi connectivity index (χ3v) is 7.47. The Labute approximate surface area is 203 Å². The van der Waals surface area contributed by atoms with E-state index in [0.29, 0.717) is 12.8 Å². The number of benzene rings is 1. The van der Waals surface area contributed by atoms with Crippen LogP contribution in [0.4, 0.5) is 0 Å². The van der Waals surface area contributed by atoms with Crippen LogP contribution in [0.25, 0.3) is 0 Å². The Morgan fingerprint density at radius 3 is 2.62 bits per heavy atom. The largest absolute Gasteiger partial charge is 0.355 e. The fraction of sp³-hybridized carbons (Fsp3) is 0.542. The lowest BCUT2D eigenvalue weighted by atomic mass is 10.1. The first-order valence-corrected chi connectivity index (χ1v) is 13.1.